The normalized spacial score (nSPS) is 17.1. The number of aromatic nitrogens is 4. The van der Waals surface area contributed by atoms with Gasteiger partial charge < -0.3 is 4.90 Å². The zero-order valence-electron chi connectivity index (χ0n) is 15.3. The van der Waals surface area contributed by atoms with Gasteiger partial charge in [0.1, 0.15) is 0 Å². The van der Waals surface area contributed by atoms with Crippen LogP contribution in [0.2, 0.25) is 0 Å². The number of piperazine rings is 1. The van der Waals surface area contributed by atoms with E-state index in [4.69, 9.17) is 0 Å². The second kappa shape index (κ2) is 7.31. The summed E-state index contributed by atoms with van der Waals surface area (Å²) in [5.74, 6) is 0.327. The highest BCUT2D eigenvalue weighted by atomic mass is 19.4. The van der Waals surface area contributed by atoms with Crippen LogP contribution in [-0.2, 0) is 6.18 Å². The van der Waals surface area contributed by atoms with Crippen molar-refractivity contribution < 1.29 is 13.2 Å². The molecule has 4 heterocycles. The Balaban J connectivity index is 1.41. The minimum Gasteiger partial charge on any atom is -0.338 e. The van der Waals surface area contributed by atoms with Crippen LogP contribution in [-0.4, -0.2) is 51.0 Å². The highest BCUT2D eigenvalue weighted by molar-refractivity contribution is 5.74. The number of rotatable bonds is 3. The Morgan fingerprint density at radius 1 is 0.964 bits per heavy atom. The van der Waals surface area contributed by atoms with E-state index in [1.807, 2.05) is 29.2 Å². The summed E-state index contributed by atoms with van der Waals surface area (Å²) in [6.45, 7) is 4.87. The van der Waals surface area contributed by atoms with Crippen LogP contribution in [0, 0.1) is 0 Å². The number of hydrogen-bond acceptors (Lipinski definition) is 6. The molecule has 0 spiro atoms. The molecule has 3 aromatic rings. The van der Waals surface area contributed by atoms with Gasteiger partial charge in [0.05, 0.1) is 11.3 Å². The Bertz CT molecular complexity index is 952. The Morgan fingerprint density at radius 2 is 1.68 bits per heavy atom. The smallest absolute Gasteiger partial charge is 0.338 e. The Labute approximate surface area is 160 Å². The summed E-state index contributed by atoms with van der Waals surface area (Å²) >= 11 is 0. The van der Waals surface area contributed by atoms with Gasteiger partial charge in [-0.15, -0.1) is 0 Å². The van der Waals surface area contributed by atoms with E-state index < -0.39 is 11.7 Å². The number of nitrogens with zero attached hydrogens (tertiary/aromatic N) is 6. The Hall–Kier alpha value is -2.81. The first-order valence-corrected chi connectivity index (χ1v) is 9.02. The Morgan fingerprint density at radius 3 is 2.36 bits per heavy atom. The average molecular weight is 388 g/mol. The first-order valence-electron chi connectivity index (χ1n) is 9.02. The number of alkyl halides is 3. The molecule has 3 aromatic heterocycles. The molecule has 0 aliphatic carbocycles. The van der Waals surface area contributed by atoms with Crippen molar-refractivity contribution in [2.75, 3.05) is 31.1 Å². The molecule has 1 saturated heterocycles. The molecule has 0 bridgehead atoms. The molecule has 1 unspecified atom stereocenters. The first kappa shape index (κ1) is 18.5. The van der Waals surface area contributed by atoms with E-state index in [1.54, 1.807) is 6.20 Å². The third-order valence-corrected chi connectivity index (χ3v) is 5.02. The van der Waals surface area contributed by atoms with Crippen molar-refractivity contribution in [3.05, 3.63) is 54.1 Å². The Kier molecular flexibility index (Phi) is 4.84. The number of fused-ring (bicyclic) bond motifs is 1. The first-order chi connectivity index (χ1) is 13.4. The van der Waals surface area contributed by atoms with Gasteiger partial charge in [-0.05, 0) is 31.2 Å². The molecule has 1 aliphatic rings. The van der Waals surface area contributed by atoms with Crippen LogP contribution in [0.15, 0.2) is 42.9 Å². The molecular formula is C19H19F3N6. The largest absolute Gasteiger partial charge is 0.419 e. The van der Waals surface area contributed by atoms with Gasteiger partial charge in [-0.1, -0.05) is 0 Å². The molecule has 4 rings (SSSR count). The van der Waals surface area contributed by atoms with Gasteiger partial charge in [-0.3, -0.25) is 4.90 Å². The lowest BCUT2D eigenvalue weighted by molar-refractivity contribution is -0.138. The molecule has 1 aliphatic heterocycles. The standard InChI is InChI=1S/C19H19F3N6/c1-13(16-5-4-14-3-2-6-23-17(14)26-16)27-7-9-28(10-8-27)18-24-11-15(12-25-18)19(20,21)22/h2-6,11-13H,7-10H2,1H3. The molecule has 1 fully saturated rings. The van der Waals surface area contributed by atoms with E-state index in [9.17, 15) is 13.2 Å². The van der Waals surface area contributed by atoms with Crippen molar-refractivity contribution in [2.45, 2.75) is 19.1 Å². The minimum atomic E-state index is -4.42. The van der Waals surface area contributed by atoms with Crippen LogP contribution in [0.5, 0.6) is 0 Å². The topological polar surface area (TPSA) is 58.0 Å². The highest BCUT2D eigenvalue weighted by Gasteiger charge is 2.32. The SMILES string of the molecule is CC(c1ccc2cccnc2n1)N1CCN(c2ncc(C(F)(F)F)cn2)CC1. The van der Waals surface area contributed by atoms with Crippen LogP contribution in [0.1, 0.15) is 24.2 Å². The van der Waals surface area contributed by atoms with E-state index in [2.05, 4.69) is 31.8 Å². The van der Waals surface area contributed by atoms with Crippen LogP contribution in [0.3, 0.4) is 0 Å². The van der Waals surface area contributed by atoms with Gasteiger partial charge in [0, 0.05) is 56.2 Å². The van der Waals surface area contributed by atoms with E-state index in [1.165, 1.54) is 0 Å². The summed E-state index contributed by atoms with van der Waals surface area (Å²) in [7, 11) is 0. The molecule has 6 nitrogen and oxygen atoms in total. The van der Waals surface area contributed by atoms with Gasteiger partial charge in [0.15, 0.2) is 5.65 Å². The maximum atomic E-state index is 12.6. The lowest BCUT2D eigenvalue weighted by Gasteiger charge is -2.37. The number of halogens is 3. The second-order valence-corrected chi connectivity index (χ2v) is 6.75. The fourth-order valence-corrected chi connectivity index (χ4v) is 3.33. The van der Waals surface area contributed by atoms with Gasteiger partial charge in [0.25, 0.3) is 0 Å². The third-order valence-electron chi connectivity index (χ3n) is 5.02. The summed E-state index contributed by atoms with van der Waals surface area (Å²) in [5.41, 5.74) is 0.841. The molecular weight excluding hydrogens is 369 g/mol. The lowest BCUT2D eigenvalue weighted by atomic mass is 10.1. The maximum Gasteiger partial charge on any atom is 0.419 e. The van der Waals surface area contributed by atoms with Crippen LogP contribution >= 0.6 is 0 Å². The van der Waals surface area contributed by atoms with Crippen molar-refractivity contribution in [1.29, 1.82) is 0 Å². The molecule has 0 amide bonds. The van der Waals surface area contributed by atoms with E-state index in [-0.39, 0.29) is 6.04 Å². The average Bonchev–Trinajstić information content (AvgIpc) is 2.72. The minimum absolute atomic E-state index is 0.113. The molecule has 1 atom stereocenters. The van der Waals surface area contributed by atoms with Gasteiger partial charge >= 0.3 is 6.18 Å². The second-order valence-electron chi connectivity index (χ2n) is 6.75. The van der Waals surface area contributed by atoms with E-state index in [0.29, 0.717) is 19.0 Å². The van der Waals surface area contributed by atoms with Crippen molar-refractivity contribution in [3.8, 4) is 0 Å². The maximum absolute atomic E-state index is 12.6. The predicted molar refractivity (Wildman–Crippen MR) is 98.8 cm³/mol. The molecule has 28 heavy (non-hydrogen) atoms. The van der Waals surface area contributed by atoms with Crippen molar-refractivity contribution in [2.24, 2.45) is 0 Å². The third kappa shape index (κ3) is 3.75. The quantitative estimate of drug-likeness (QED) is 0.686. The zero-order valence-corrected chi connectivity index (χ0v) is 15.3. The number of pyridine rings is 2. The van der Waals surface area contributed by atoms with Gasteiger partial charge in [0.2, 0.25) is 5.95 Å². The van der Waals surface area contributed by atoms with Crippen molar-refractivity contribution in [3.63, 3.8) is 0 Å². The fourth-order valence-electron chi connectivity index (χ4n) is 3.33. The van der Waals surface area contributed by atoms with E-state index in [0.717, 1.165) is 42.2 Å². The molecule has 0 N–H and O–H groups in total. The van der Waals surface area contributed by atoms with Crippen molar-refractivity contribution >= 4 is 17.0 Å². The van der Waals surface area contributed by atoms with Crippen LogP contribution in [0.4, 0.5) is 19.1 Å². The number of anilines is 1. The predicted octanol–water partition coefficient (Wildman–Crippen LogP) is 3.32. The summed E-state index contributed by atoms with van der Waals surface area (Å²) in [5, 5.41) is 1.00. The number of hydrogen-bond donors (Lipinski definition) is 0. The molecule has 0 saturated carbocycles. The molecule has 146 valence electrons. The molecule has 0 aromatic carbocycles. The highest BCUT2D eigenvalue weighted by Crippen LogP contribution is 2.29. The summed E-state index contributed by atoms with van der Waals surface area (Å²) in [6, 6.07) is 8.01. The summed E-state index contributed by atoms with van der Waals surface area (Å²) in [4.78, 5) is 20.9. The summed E-state index contributed by atoms with van der Waals surface area (Å²) in [6.07, 6.45) is -1.02. The summed E-state index contributed by atoms with van der Waals surface area (Å²) < 4.78 is 37.9. The van der Waals surface area contributed by atoms with E-state index >= 15 is 0 Å². The fraction of sp³-hybridized carbons (Fsp3) is 0.368. The van der Waals surface area contributed by atoms with Crippen LogP contribution in [0.25, 0.3) is 11.0 Å². The molecule has 9 heteroatoms. The lowest BCUT2D eigenvalue weighted by Crippen LogP contribution is -2.47. The van der Waals surface area contributed by atoms with Gasteiger partial charge in [-0.25, -0.2) is 19.9 Å². The van der Waals surface area contributed by atoms with Crippen molar-refractivity contribution in [1.82, 2.24) is 24.8 Å². The monoisotopic (exact) mass is 388 g/mol. The molecule has 0 radical (unpaired) electrons. The van der Waals surface area contributed by atoms with Crippen LogP contribution < -0.4 is 4.90 Å². The van der Waals surface area contributed by atoms with Gasteiger partial charge in [-0.2, -0.15) is 13.2 Å². The zero-order chi connectivity index (χ0) is 19.7.